The van der Waals surface area contributed by atoms with Crippen molar-refractivity contribution in [2.75, 3.05) is 5.32 Å². The van der Waals surface area contributed by atoms with Crippen molar-refractivity contribution < 1.29 is 4.42 Å². The van der Waals surface area contributed by atoms with Crippen molar-refractivity contribution in [2.24, 2.45) is 0 Å². The lowest BCUT2D eigenvalue weighted by Crippen LogP contribution is -1.97. The highest BCUT2D eigenvalue weighted by Gasteiger charge is 2.00. The van der Waals surface area contributed by atoms with E-state index in [4.69, 9.17) is 4.42 Å². The minimum atomic E-state index is 0.696. The number of nitrogens with one attached hydrogen (secondary N) is 1. The summed E-state index contributed by atoms with van der Waals surface area (Å²) in [6.45, 7) is 0.696. The van der Waals surface area contributed by atoms with E-state index in [2.05, 4.69) is 50.9 Å². The zero-order valence-electron chi connectivity index (χ0n) is 8.94. The smallest absolute Gasteiger partial charge is 0.169 e. The van der Waals surface area contributed by atoms with Crippen molar-refractivity contribution in [2.45, 2.75) is 6.54 Å². The molecule has 0 aliphatic carbocycles. The third-order valence-corrected chi connectivity index (χ3v) is 3.87. The number of thiophene rings is 1. The molecule has 0 atom stereocenters. The molecule has 0 spiro atoms. The van der Waals surface area contributed by atoms with Crippen LogP contribution in [-0.2, 0) is 6.54 Å². The van der Waals surface area contributed by atoms with Gasteiger partial charge in [0.25, 0.3) is 0 Å². The molecule has 0 aliphatic rings. The second kappa shape index (κ2) is 4.55. The summed E-state index contributed by atoms with van der Waals surface area (Å²) >= 11 is 5.05. The molecule has 0 saturated carbocycles. The highest BCUT2D eigenvalue weighted by Crippen LogP contribution is 2.24. The molecule has 0 radical (unpaired) electrons. The number of fused-ring (bicyclic) bond motifs is 1. The minimum Gasteiger partial charge on any atom is -0.452 e. The van der Waals surface area contributed by atoms with Gasteiger partial charge in [-0.05, 0) is 63.1 Å². The first-order valence-corrected chi connectivity index (χ1v) is 6.94. The fourth-order valence-electron chi connectivity index (χ4n) is 1.71. The van der Waals surface area contributed by atoms with Gasteiger partial charge in [0.1, 0.15) is 5.76 Å². The molecule has 0 amide bonds. The summed E-state index contributed by atoms with van der Waals surface area (Å²) in [4.78, 5) is 0. The van der Waals surface area contributed by atoms with Crippen LogP contribution in [-0.4, -0.2) is 0 Å². The van der Waals surface area contributed by atoms with E-state index in [0.29, 0.717) is 6.54 Å². The average molecular weight is 308 g/mol. The molecular formula is C13H10BrNOS. The molecule has 86 valence electrons. The standard InChI is InChI=1S/C13H10BrNOS/c14-13-4-2-11(16-13)8-15-10-1-3-12-9(7-10)5-6-17-12/h1-7,15H,8H2. The lowest BCUT2D eigenvalue weighted by Gasteiger charge is -2.04. The summed E-state index contributed by atoms with van der Waals surface area (Å²) in [6.07, 6.45) is 0. The molecule has 4 heteroatoms. The Kier molecular flexibility index (Phi) is 2.91. The van der Waals surface area contributed by atoms with Gasteiger partial charge in [-0.25, -0.2) is 0 Å². The zero-order valence-corrected chi connectivity index (χ0v) is 11.3. The molecule has 17 heavy (non-hydrogen) atoms. The fraction of sp³-hybridized carbons (Fsp3) is 0.0769. The van der Waals surface area contributed by atoms with Crippen LogP contribution >= 0.6 is 27.3 Å². The van der Waals surface area contributed by atoms with E-state index < -0.39 is 0 Å². The predicted octanol–water partition coefficient (Wildman–Crippen LogP) is 4.87. The normalized spacial score (nSPS) is 10.9. The molecule has 0 aliphatic heterocycles. The maximum atomic E-state index is 5.43. The minimum absolute atomic E-state index is 0.696. The average Bonchev–Trinajstić information content (AvgIpc) is 2.94. The topological polar surface area (TPSA) is 25.2 Å². The van der Waals surface area contributed by atoms with Crippen LogP contribution in [0.3, 0.4) is 0 Å². The number of hydrogen-bond donors (Lipinski definition) is 1. The molecule has 2 heterocycles. The molecule has 1 N–H and O–H groups in total. The lowest BCUT2D eigenvalue weighted by molar-refractivity contribution is 0.495. The number of benzene rings is 1. The van der Waals surface area contributed by atoms with Gasteiger partial charge in [0.15, 0.2) is 4.67 Å². The maximum Gasteiger partial charge on any atom is 0.169 e. The second-order valence-corrected chi connectivity index (χ2v) is 5.46. The van der Waals surface area contributed by atoms with Crippen LogP contribution in [0.15, 0.2) is 50.9 Å². The zero-order chi connectivity index (χ0) is 11.7. The molecular weight excluding hydrogens is 298 g/mol. The Bertz CT molecular complexity index is 643. The van der Waals surface area contributed by atoms with E-state index in [9.17, 15) is 0 Å². The first-order valence-electron chi connectivity index (χ1n) is 5.26. The summed E-state index contributed by atoms with van der Waals surface area (Å²) in [5, 5.41) is 6.73. The maximum absolute atomic E-state index is 5.43. The number of rotatable bonds is 3. The molecule has 3 rings (SSSR count). The highest BCUT2D eigenvalue weighted by molar-refractivity contribution is 9.10. The van der Waals surface area contributed by atoms with E-state index in [1.54, 1.807) is 11.3 Å². The molecule has 2 nitrogen and oxygen atoms in total. The van der Waals surface area contributed by atoms with Crippen molar-refractivity contribution in [3.8, 4) is 0 Å². The van der Waals surface area contributed by atoms with Crippen LogP contribution in [0.5, 0.6) is 0 Å². The van der Waals surface area contributed by atoms with Crippen LogP contribution < -0.4 is 5.32 Å². The largest absolute Gasteiger partial charge is 0.452 e. The van der Waals surface area contributed by atoms with Gasteiger partial charge < -0.3 is 9.73 Å². The molecule has 3 aromatic rings. The molecule has 0 fully saturated rings. The van der Waals surface area contributed by atoms with E-state index >= 15 is 0 Å². The molecule has 2 aromatic heterocycles. The first kappa shape index (κ1) is 10.9. The van der Waals surface area contributed by atoms with Gasteiger partial charge in [0.05, 0.1) is 6.54 Å². The number of furan rings is 1. The predicted molar refractivity (Wildman–Crippen MR) is 75.6 cm³/mol. The van der Waals surface area contributed by atoms with Gasteiger partial charge >= 0.3 is 0 Å². The van der Waals surface area contributed by atoms with Crippen LogP contribution in [0.4, 0.5) is 5.69 Å². The Labute approximate surface area is 111 Å². The number of hydrogen-bond acceptors (Lipinski definition) is 3. The van der Waals surface area contributed by atoms with Gasteiger partial charge in [0, 0.05) is 10.4 Å². The Morgan fingerprint density at radius 2 is 2.12 bits per heavy atom. The summed E-state index contributed by atoms with van der Waals surface area (Å²) in [7, 11) is 0. The second-order valence-electron chi connectivity index (χ2n) is 3.73. The van der Waals surface area contributed by atoms with Gasteiger partial charge in [-0.3, -0.25) is 0 Å². The van der Waals surface area contributed by atoms with Gasteiger partial charge in [-0.15, -0.1) is 11.3 Å². The van der Waals surface area contributed by atoms with Crippen molar-refractivity contribution >= 4 is 43.0 Å². The van der Waals surface area contributed by atoms with Crippen molar-refractivity contribution in [1.29, 1.82) is 0 Å². The summed E-state index contributed by atoms with van der Waals surface area (Å²) in [5.41, 5.74) is 1.11. The Morgan fingerprint density at radius 3 is 2.94 bits per heavy atom. The SMILES string of the molecule is Brc1ccc(CNc2ccc3sccc3c2)o1. The molecule has 0 saturated heterocycles. The van der Waals surface area contributed by atoms with Crippen LogP contribution in [0.2, 0.25) is 0 Å². The number of anilines is 1. The van der Waals surface area contributed by atoms with E-state index in [0.717, 1.165) is 16.1 Å². The highest BCUT2D eigenvalue weighted by atomic mass is 79.9. The Balaban J connectivity index is 1.76. The van der Waals surface area contributed by atoms with Crippen molar-refractivity contribution in [3.05, 3.63) is 52.2 Å². The lowest BCUT2D eigenvalue weighted by atomic mass is 10.2. The van der Waals surface area contributed by atoms with Crippen LogP contribution in [0.25, 0.3) is 10.1 Å². The Hall–Kier alpha value is -1.26. The molecule has 0 bridgehead atoms. The van der Waals surface area contributed by atoms with Gasteiger partial charge in [-0.2, -0.15) is 0 Å². The van der Waals surface area contributed by atoms with Gasteiger partial charge in [-0.1, -0.05) is 0 Å². The number of halogens is 1. The van der Waals surface area contributed by atoms with Crippen molar-refractivity contribution in [1.82, 2.24) is 0 Å². The van der Waals surface area contributed by atoms with Crippen LogP contribution in [0.1, 0.15) is 5.76 Å². The monoisotopic (exact) mass is 307 g/mol. The van der Waals surface area contributed by atoms with E-state index in [-0.39, 0.29) is 0 Å². The van der Waals surface area contributed by atoms with E-state index in [1.807, 2.05) is 12.1 Å². The summed E-state index contributed by atoms with van der Waals surface area (Å²) in [6, 6.07) is 12.4. The first-order chi connectivity index (χ1) is 8.31. The quantitative estimate of drug-likeness (QED) is 0.747. The molecule has 0 unspecified atom stereocenters. The summed E-state index contributed by atoms with van der Waals surface area (Å²) < 4.78 is 7.52. The third kappa shape index (κ3) is 2.37. The van der Waals surface area contributed by atoms with Crippen LogP contribution in [0, 0.1) is 0 Å². The fourth-order valence-corrected chi connectivity index (χ4v) is 2.82. The summed E-state index contributed by atoms with van der Waals surface area (Å²) in [5.74, 6) is 0.919. The molecule has 1 aromatic carbocycles. The van der Waals surface area contributed by atoms with Crippen molar-refractivity contribution in [3.63, 3.8) is 0 Å². The Morgan fingerprint density at radius 1 is 1.18 bits per heavy atom. The van der Waals surface area contributed by atoms with Gasteiger partial charge in [0.2, 0.25) is 0 Å². The van der Waals surface area contributed by atoms with E-state index in [1.165, 1.54) is 10.1 Å². The third-order valence-electron chi connectivity index (χ3n) is 2.55.